The number of aromatic amines is 1. The molecule has 3 aliphatic rings. The molecule has 5 heteroatoms. The minimum atomic E-state index is -0.323. The fourth-order valence-electron chi connectivity index (χ4n) is 5.76. The Bertz CT molecular complexity index is 1230. The van der Waals surface area contributed by atoms with Crippen molar-refractivity contribution in [3.63, 3.8) is 0 Å². The summed E-state index contributed by atoms with van der Waals surface area (Å²) in [6, 6.07) is 6.55. The molecule has 0 radical (unpaired) electrons. The number of nitriles is 1. The number of allylic oxidation sites excluding steroid dienone is 3. The van der Waals surface area contributed by atoms with Crippen molar-refractivity contribution >= 4 is 17.5 Å². The topological polar surface area (TPSA) is 71.9 Å². The number of aromatic nitrogens is 1. The molecule has 176 valence electrons. The summed E-state index contributed by atoms with van der Waals surface area (Å²) < 4.78 is 0. The zero-order chi connectivity index (χ0) is 23.9. The molecule has 0 bridgehead atoms. The molecule has 1 saturated heterocycles. The van der Waals surface area contributed by atoms with E-state index in [-0.39, 0.29) is 11.2 Å². The Morgan fingerprint density at radius 2 is 1.97 bits per heavy atom. The second kappa shape index (κ2) is 8.92. The zero-order valence-electron chi connectivity index (χ0n) is 20.6. The van der Waals surface area contributed by atoms with E-state index < -0.39 is 0 Å². The number of piperidine rings is 1. The van der Waals surface area contributed by atoms with Gasteiger partial charge in [-0.1, -0.05) is 39.3 Å². The first-order chi connectivity index (χ1) is 16.4. The quantitative estimate of drug-likeness (QED) is 0.638. The summed E-state index contributed by atoms with van der Waals surface area (Å²) in [5.74, 6) is 0.0847. The average Bonchev–Trinajstić information content (AvgIpc) is 3.11. The standard InChI is InChI=1S/C29H34N4O/c1-4-20-16-22-23(17-25(20)31-12-15-33-13-6-5-7-14-33)29(2,3)28-26(27(22)34)21-10-8-19(18-30)9-11-24(21)32-28/h8-10,16-17,31-32H,4-7,11-15H2,1-3H3. The molecule has 1 aromatic carbocycles. The summed E-state index contributed by atoms with van der Waals surface area (Å²) in [6.07, 6.45) is 11.1. The summed E-state index contributed by atoms with van der Waals surface area (Å²) in [7, 11) is 0. The fourth-order valence-corrected chi connectivity index (χ4v) is 5.76. The van der Waals surface area contributed by atoms with Gasteiger partial charge in [0.1, 0.15) is 0 Å². The highest BCUT2D eigenvalue weighted by Crippen LogP contribution is 2.45. The molecule has 34 heavy (non-hydrogen) atoms. The number of carbonyl (C=O) groups excluding carboxylic acids is 1. The van der Waals surface area contributed by atoms with Gasteiger partial charge >= 0.3 is 0 Å². The molecule has 0 atom stereocenters. The predicted molar refractivity (Wildman–Crippen MR) is 137 cm³/mol. The van der Waals surface area contributed by atoms with Crippen molar-refractivity contribution in [3.05, 3.63) is 69.1 Å². The van der Waals surface area contributed by atoms with Crippen LogP contribution in [0, 0.1) is 11.3 Å². The van der Waals surface area contributed by atoms with Gasteiger partial charge in [0.25, 0.3) is 0 Å². The van der Waals surface area contributed by atoms with Crippen LogP contribution in [0.2, 0.25) is 0 Å². The smallest absolute Gasteiger partial charge is 0.195 e. The lowest BCUT2D eigenvalue weighted by Gasteiger charge is -2.33. The van der Waals surface area contributed by atoms with Crippen LogP contribution in [0.4, 0.5) is 5.69 Å². The molecular weight excluding hydrogens is 420 g/mol. The maximum Gasteiger partial charge on any atom is 0.195 e. The van der Waals surface area contributed by atoms with Crippen LogP contribution in [0.3, 0.4) is 0 Å². The second-order valence-corrected chi connectivity index (χ2v) is 10.3. The van der Waals surface area contributed by atoms with E-state index in [4.69, 9.17) is 0 Å². The van der Waals surface area contributed by atoms with Gasteiger partial charge in [-0.2, -0.15) is 5.26 Å². The van der Waals surface area contributed by atoms with Gasteiger partial charge in [-0.25, -0.2) is 0 Å². The summed E-state index contributed by atoms with van der Waals surface area (Å²) in [6.45, 7) is 10.9. The van der Waals surface area contributed by atoms with Crippen LogP contribution in [-0.2, 0) is 18.3 Å². The summed E-state index contributed by atoms with van der Waals surface area (Å²) >= 11 is 0. The Labute approximate surface area is 202 Å². The van der Waals surface area contributed by atoms with Gasteiger partial charge in [-0.05, 0) is 61.7 Å². The van der Waals surface area contributed by atoms with Crippen LogP contribution in [0.15, 0.2) is 29.9 Å². The second-order valence-electron chi connectivity index (χ2n) is 10.3. The van der Waals surface area contributed by atoms with E-state index in [1.807, 2.05) is 18.2 Å². The van der Waals surface area contributed by atoms with Gasteiger partial charge in [0, 0.05) is 58.7 Å². The molecule has 5 rings (SSSR count). The number of ketones is 1. The minimum absolute atomic E-state index is 0.0847. The monoisotopic (exact) mass is 454 g/mol. The molecule has 0 unspecified atom stereocenters. The molecular formula is C29H34N4O. The predicted octanol–water partition coefficient (Wildman–Crippen LogP) is 5.36. The number of carbonyl (C=O) groups is 1. The van der Waals surface area contributed by atoms with Crippen molar-refractivity contribution in [2.45, 2.75) is 58.3 Å². The molecule has 0 amide bonds. The summed E-state index contributed by atoms with van der Waals surface area (Å²) in [5.41, 5.74) is 8.23. The Morgan fingerprint density at radius 1 is 1.18 bits per heavy atom. The van der Waals surface area contributed by atoms with Crippen molar-refractivity contribution < 1.29 is 4.79 Å². The summed E-state index contributed by atoms with van der Waals surface area (Å²) in [4.78, 5) is 20.0. The molecule has 1 fully saturated rings. The first-order valence-corrected chi connectivity index (χ1v) is 12.7. The number of nitrogens with zero attached hydrogens (tertiary/aromatic N) is 2. The number of benzene rings is 1. The zero-order valence-corrected chi connectivity index (χ0v) is 20.6. The molecule has 0 spiro atoms. The highest BCUT2D eigenvalue weighted by Gasteiger charge is 2.41. The van der Waals surface area contributed by atoms with Gasteiger partial charge in [-0.3, -0.25) is 4.79 Å². The van der Waals surface area contributed by atoms with E-state index in [2.05, 4.69) is 54.2 Å². The van der Waals surface area contributed by atoms with Crippen molar-refractivity contribution in [2.24, 2.45) is 0 Å². The molecule has 0 saturated carbocycles. The SMILES string of the molecule is CCc1cc2c(cc1NCCN1CCCCC1)C(C)(C)c1[nH]c3c(c1C2=O)C=CC(C#N)=CC3. The number of likely N-dealkylation sites (tertiary alicyclic amines) is 1. The van der Waals surface area contributed by atoms with E-state index in [1.54, 1.807) is 0 Å². The van der Waals surface area contributed by atoms with Gasteiger partial charge < -0.3 is 15.2 Å². The van der Waals surface area contributed by atoms with Crippen molar-refractivity contribution in [2.75, 3.05) is 31.5 Å². The van der Waals surface area contributed by atoms with E-state index >= 15 is 0 Å². The minimum Gasteiger partial charge on any atom is -0.384 e. The highest BCUT2D eigenvalue weighted by molar-refractivity contribution is 6.15. The van der Waals surface area contributed by atoms with Gasteiger partial charge in [0.2, 0.25) is 0 Å². The van der Waals surface area contributed by atoms with E-state index in [1.165, 1.54) is 37.9 Å². The molecule has 2 aromatic rings. The third-order valence-corrected chi connectivity index (χ3v) is 7.79. The first-order valence-electron chi connectivity index (χ1n) is 12.7. The summed E-state index contributed by atoms with van der Waals surface area (Å²) in [5, 5.41) is 13.0. The Kier molecular flexibility index (Phi) is 5.95. The van der Waals surface area contributed by atoms with Crippen LogP contribution in [0.25, 0.3) is 6.08 Å². The fraction of sp³-hybridized carbons (Fsp3) is 0.448. The normalized spacial score (nSPS) is 18.9. The largest absolute Gasteiger partial charge is 0.384 e. The number of hydrogen-bond donors (Lipinski definition) is 2. The van der Waals surface area contributed by atoms with E-state index in [0.717, 1.165) is 58.8 Å². The lowest BCUT2D eigenvalue weighted by Crippen LogP contribution is -2.34. The van der Waals surface area contributed by atoms with E-state index in [9.17, 15) is 10.1 Å². The maximum atomic E-state index is 13.8. The maximum absolute atomic E-state index is 13.8. The lowest BCUT2D eigenvalue weighted by atomic mass is 9.70. The molecule has 1 aliphatic heterocycles. The Morgan fingerprint density at radius 3 is 2.71 bits per heavy atom. The number of aryl methyl sites for hydroxylation is 1. The van der Waals surface area contributed by atoms with Crippen LogP contribution in [0.5, 0.6) is 0 Å². The van der Waals surface area contributed by atoms with Crippen molar-refractivity contribution in [3.8, 4) is 6.07 Å². The van der Waals surface area contributed by atoms with Crippen molar-refractivity contribution in [1.29, 1.82) is 5.26 Å². The number of hydrogen-bond acceptors (Lipinski definition) is 4. The van der Waals surface area contributed by atoms with Gasteiger partial charge in [0.15, 0.2) is 5.78 Å². The lowest BCUT2D eigenvalue weighted by molar-refractivity contribution is 0.103. The van der Waals surface area contributed by atoms with Crippen LogP contribution in [-0.4, -0.2) is 41.8 Å². The Hall–Kier alpha value is -3.10. The average molecular weight is 455 g/mol. The number of nitrogens with one attached hydrogen (secondary N) is 2. The molecule has 1 aromatic heterocycles. The Balaban J connectivity index is 1.49. The van der Waals surface area contributed by atoms with Crippen LogP contribution < -0.4 is 5.32 Å². The van der Waals surface area contributed by atoms with E-state index in [0.29, 0.717) is 12.0 Å². The van der Waals surface area contributed by atoms with Crippen LogP contribution in [0.1, 0.15) is 84.0 Å². The molecule has 2 N–H and O–H groups in total. The number of fused-ring (bicyclic) bond motifs is 4. The molecule has 2 aliphatic carbocycles. The van der Waals surface area contributed by atoms with Gasteiger partial charge in [0.05, 0.1) is 11.6 Å². The third-order valence-electron chi connectivity index (χ3n) is 7.79. The first kappa shape index (κ1) is 22.7. The highest BCUT2D eigenvalue weighted by atomic mass is 16.1. The van der Waals surface area contributed by atoms with Gasteiger partial charge in [-0.15, -0.1) is 0 Å². The number of rotatable bonds is 5. The molecule has 2 heterocycles. The number of H-pyrrole nitrogens is 1. The number of anilines is 1. The van der Waals surface area contributed by atoms with Crippen LogP contribution >= 0.6 is 0 Å². The third kappa shape index (κ3) is 3.80. The van der Waals surface area contributed by atoms with Crippen molar-refractivity contribution in [1.82, 2.24) is 9.88 Å². The molecule has 5 nitrogen and oxygen atoms in total.